The second kappa shape index (κ2) is 11.9. The highest BCUT2D eigenvalue weighted by Crippen LogP contribution is 2.22. The van der Waals surface area contributed by atoms with Crippen LogP contribution in [0.2, 0.25) is 0 Å². The van der Waals surface area contributed by atoms with Crippen LogP contribution >= 0.6 is 0 Å². The van der Waals surface area contributed by atoms with E-state index in [1.807, 2.05) is 103 Å². The summed E-state index contributed by atoms with van der Waals surface area (Å²) in [6.45, 7) is 0.0942. The van der Waals surface area contributed by atoms with Gasteiger partial charge in [-0.2, -0.15) is 0 Å². The smallest absolute Gasteiger partial charge is 0.348 e. The molecule has 0 spiro atoms. The van der Waals surface area contributed by atoms with Crippen molar-refractivity contribution in [3.63, 3.8) is 0 Å². The lowest BCUT2D eigenvalue weighted by molar-refractivity contribution is -0.155. The summed E-state index contributed by atoms with van der Waals surface area (Å²) in [6.07, 6.45) is -0.910. The van der Waals surface area contributed by atoms with E-state index in [1.165, 1.54) is 0 Å². The molecule has 0 heterocycles. The van der Waals surface area contributed by atoms with Gasteiger partial charge in [0.2, 0.25) is 6.10 Å². The van der Waals surface area contributed by atoms with Gasteiger partial charge < -0.3 is 14.2 Å². The van der Waals surface area contributed by atoms with Crippen LogP contribution in [0.25, 0.3) is 10.8 Å². The molecule has 0 bridgehead atoms. The minimum absolute atomic E-state index is 0.0942. The topological polar surface area (TPSA) is 61.8 Å². The number of carbonyl (C=O) groups excluding carboxylic acids is 2. The van der Waals surface area contributed by atoms with Crippen LogP contribution in [-0.4, -0.2) is 18.0 Å². The Morgan fingerprint density at radius 2 is 1.24 bits per heavy atom. The number of rotatable bonds is 9. The molecule has 188 valence electrons. The summed E-state index contributed by atoms with van der Waals surface area (Å²) in [7, 11) is 0. The van der Waals surface area contributed by atoms with Crippen molar-refractivity contribution in [2.24, 2.45) is 0 Å². The molecule has 0 aromatic heterocycles. The number of benzene rings is 5. The number of fused-ring (bicyclic) bond motifs is 1. The van der Waals surface area contributed by atoms with E-state index in [0.717, 1.165) is 21.9 Å². The lowest BCUT2D eigenvalue weighted by Crippen LogP contribution is -2.31. The molecule has 0 saturated carbocycles. The molecule has 0 amide bonds. The van der Waals surface area contributed by atoms with Gasteiger partial charge in [-0.05, 0) is 58.3 Å². The highest BCUT2D eigenvalue weighted by molar-refractivity contribution is 5.91. The Bertz CT molecular complexity index is 1510. The summed E-state index contributed by atoms with van der Waals surface area (Å²) in [4.78, 5) is 26.1. The third-order valence-corrected chi connectivity index (χ3v) is 6.04. The lowest BCUT2D eigenvalue weighted by Gasteiger charge is -2.18. The third kappa shape index (κ3) is 6.45. The quantitative estimate of drug-likeness (QED) is 0.200. The monoisotopic (exact) mass is 502 g/mol. The Labute approximate surface area is 221 Å². The van der Waals surface area contributed by atoms with Gasteiger partial charge in [-0.1, -0.05) is 91.0 Å². The van der Waals surface area contributed by atoms with Gasteiger partial charge in [0.15, 0.2) is 0 Å². The minimum atomic E-state index is -1.10. The van der Waals surface area contributed by atoms with Gasteiger partial charge in [-0.3, -0.25) is 0 Å². The third-order valence-electron chi connectivity index (χ3n) is 6.04. The van der Waals surface area contributed by atoms with E-state index in [4.69, 9.17) is 14.2 Å². The molecule has 0 aliphatic rings. The van der Waals surface area contributed by atoms with Crippen molar-refractivity contribution in [3.8, 4) is 11.5 Å². The Hall–Kier alpha value is -4.90. The number of esters is 2. The molecule has 5 aromatic carbocycles. The molecule has 5 rings (SSSR count). The predicted molar refractivity (Wildman–Crippen MR) is 146 cm³/mol. The Kier molecular flexibility index (Phi) is 7.75. The maximum Gasteiger partial charge on any atom is 0.348 e. The van der Waals surface area contributed by atoms with Crippen LogP contribution in [0.4, 0.5) is 0 Å². The molecule has 38 heavy (non-hydrogen) atoms. The van der Waals surface area contributed by atoms with Gasteiger partial charge >= 0.3 is 11.9 Å². The minimum Gasteiger partial charge on any atom is -0.458 e. The zero-order valence-electron chi connectivity index (χ0n) is 20.7. The van der Waals surface area contributed by atoms with E-state index < -0.39 is 18.0 Å². The van der Waals surface area contributed by atoms with Gasteiger partial charge in [-0.15, -0.1) is 0 Å². The fraction of sp³-hybridized carbons (Fsp3) is 0.0909. The highest BCUT2D eigenvalue weighted by atomic mass is 16.6. The number of para-hydroxylation sites is 1. The van der Waals surface area contributed by atoms with Crippen molar-refractivity contribution >= 4 is 22.7 Å². The summed E-state index contributed by atoms with van der Waals surface area (Å²) in [5.74, 6) is 0.0697. The van der Waals surface area contributed by atoms with Crippen LogP contribution < -0.4 is 4.74 Å². The van der Waals surface area contributed by atoms with Crippen LogP contribution in [0.1, 0.15) is 21.5 Å². The van der Waals surface area contributed by atoms with Gasteiger partial charge in [0.1, 0.15) is 18.1 Å². The maximum absolute atomic E-state index is 13.1. The van der Waals surface area contributed by atoms with Crippen LogP contribution in [0.3, 0.4) is 0 Å². The molecule has 5 aromatic rings. The molecule has 0 N–H and O–H groups in total. The fourth-order valence-corrected chi connectivity index (χ4v) is 4.06. The molecular formula is C33H26O5. The Morgan fingerprint density at radius 3 is 1.97 bits per heavy atom. The molecule has 0 unspecified atom stereocenters. The predicted octanol–water partition coefficient (Wildman–Crippen LogP) is 7.14. The first-order valence-electron chi connectivity index (χ1n) is 12.4. The zero-order chi connectivity index (χ0) is 26.2. The summed E-state index contributed by atoms with van der Waals surface area (Å²) < 4.78 is 17.0. The van der Waals surface area contributed by atoms with E-state index >= 15 is 0 Å². The average molecular weight is 503 g/mol. The first-order chi connectivity index (χ1) is 18.6. The van der Waals surface area contributed by atoms with Crippen LogP contribution in [0.5, 0.6) is 11.5 Å². The summed E-state index contributed by atoms with van der Waals surface area (Å²) in [5.41, 5.74) is 2.03. The van der Waals surface area contributed by atoms with Gasteiger partial charge in [0.05, 0.1) is 5.56 Å². The van der Waals surface area contributed by atoms with E-state index in [9.17, 15) is 9.59 Å². The molecule has 0 aliphatic heterocycles. The van der Waals surface area contributed by atoms with Crippen molar-refractivity contribution in [1.29, 1.82) is 0 Å². The SMILES string of the molecule is O=C(O[C@H](Cc1ccc2ccccc2c1)C(=O)OCc1ccccc1)c1ccc(Oc2ccccc2)cc1. The average Bonchev–Trinajstić information content (AvgIpc) is 2.97. The standard InChI is InChI=1S/C33H26O5/c34-32(27-17-19-30(20-18-27)37-29-13-5-2-6-14-29)38-31(33(35)36-23-24-9-3-1-4-10-24)22-25-15-16-26-11-7-8-12-28(26)21-25/h1-21,31H,22-23H2/t31-/m1/s1. The van der Waals surface area contributed by atoms with E-state index in [2.05, 4.69) is 0 Å². The largest absolute Gasteiger partial charge is 0.458 e. The Balaban J connectivity index is 1.31. The molecule has 0 saturated heterocycles. The molecule has 0 radical (unpaired) electrons. The van der Waals surface area contributed by atoms with E-state index in [1.54, 1.807) is 24.3 Å². The maximum atomic E-state index is 13.1. The number of carbonyl (C=O) groups is 2. The molecule has 5 heteroatoms. The second-order valence-corrected chi connectivity index (χ2v) is 8.81. The van der Waals surface area contributed by atoms with Crippen molar-refractivity contribution in [3.05, 3.63) is 144 Å². The highest BCUT2D eigenvalue weighted by Gasteiger charge is 2.26. The van der Waals surface area contributed by atoms with Crippen molar-refractivity contribution in [2.75, 3.05) is 0 Å². The van der Waals surface area contributed by atoms with E-state index in [0.29, 0.717) is 17.1 Å². The lowest BCUT2D eigenvalue weighted by atomic mass is 10.0. The van der Waals surface area contributed by atoms with Crippen LogP contribution in [-0.2, 0) is 27.3 Å². The second-order valence-electron chi connectivity index (χ2n) is 8.81. The van der Waals surface area contributed by atoms with Gasteiger partial charge in [-0.25, -0.2) is 9.59 Å². The summed E-state index contributed by atoms with van der Waals surface area (Å²) >= 11 is 0. The fourth-order valence-electron chi connectivity index (χ4n) is 4.06. The van der Waals surface area contributed by atoms with Crippen molar-refractivity contribution < 1.29 is 23.8 Å². The molecule has 5 nitrogen and oxygen atoms in total. The molecule has 0 fully saturated rings. The van der Waals surface area contributed by atoms with Gasteiger partial charge in [0, 0.05) is 6.42 Å². The summed E-state index contributed by atoms with van der Waals surface area (Å²) in [6, 6.07) is 39.3. The number of hydrogen-bond acceptors (Lipinski definition) is 5. The normalized spacial score (nSPS) is 11.5. The van der Waals surface area contributed by atoms with Crippen molar-refractivity contribution in [1.82, 2.24) is 0 Å². The molecule has 0 aliphatic carbocycles. The molecule has 1 atom stereocenters. The zero-order valence-corrected chi connectivity index (χ0v) is 20.7. The molecular weight excluding hydrogens is 476 g/mol. The number of ether oxygens (including phenoxy) is 3. The Morgan fingerprint density at radius 1 is 0.605 bits per heavy atom. The number of hydrogen-bond donors (Lipinski definition) is 0. The summed E-state index contributed by atoms with van der Waals surface area (Å²) in [5, 5.41) is 2.14. The first-order valence-corrected chi connectivity index (χ1v) is 12.4. The van der Waals surface area contributed by atoms with Crippen LogP contribution in [0, 0.1) is 0 Å². The van der Waals surface area contributed by atoms with Gasteiger partial charge in [0.25, 0.3) is 0 Å². The van der Waals surface area contributed by atoms with E-state index in [-0.39, 0.29) is 13.0 Å². The van der Waals surface area contributed by atoms with Crippen molar-refractivity contribution in [2.45, 2.75) is 19.1 Å². The van der Waals surface area contributed by atoms with Crippen LogP contribution in [0.15, 0.2) is 127 Å². The first kappa shape index (κ1) is 24.8.